The Labute approximate surface area is 214 Å². The first-order valence-corrected chi connectivity index (χ1v) is 11.9. The molecule has 1 aliphatic rings. The molecule has 1 amide bonds. The molecule has 1 saturated heterocycles. The van der Waals surface area contributed by atoms with Crippen LogP contribution in [0.25, 0.3) is 6.08 Å². The SMILES string of the molecule is COc1ccc(N=C2NC(=O)/C(=C/c3cc(I)c(OC(=O)c4ccccc4)c(OC)c3)S2)cc1. The Morgan fingerprint density at radius 1 is 1.03 bits per heavy atom. The number of nitrogens with one attached hydrogen (secondary N) is 1. The number of amidine groups is 1. The highest BCUT2D eigenvalue weighted by Gasteiger charge is 2.24. The molecule has 4 rings (SSSR count). The summed E-state index contributed by atoms with van der Waals surface area (Å²) >= 11 is 3.32. The third kappa shape index (κ3) is 5.60. The zero-order valence-corrected chi connectivity index (χ0v) is 21.2. The largest absolute Gasteiger partial charge is 0.497 e. The summed E-state index contributed by atoms with van der Waals surface area (Å²) in [5.41, 5.74) is 1.86. The van der Waals surface area contributed by atoms with Gasteiger partial charge in [0.05, 0.1) is 33.9 Å². The van der Waals surface area contributed by atoms with Crippen LogP contribution in [0.3, 0.4) is 0 Å². The molecular formula is C25H19IN2O5S. The number of benzene rings is 3. The van der Waals surface area contributed by atoms with E-state index in [1.807, 2.05) is 24.3 Å². The van der Waals surface area contributed by atoms with E-state index in [2.05, 4.69) is 32.9 Å². The van der Waals surface area contributed by atoms with Gasteiger partial charge >= 0.3 is 5.97 Å². The molecule has 0 aliphatic carbocycles. The van der Waals surface area contributed by atoms with Crippen LogP contribution in [-0.4, -0.2) is 31.3 Å². The minimum atomic E-state index is -0.479. The minimum absolute atomic E-state index is 0.245. The maximum atomic E-state index is 12.5. The van der Waals surface area contributed by atoms with Gasteiger partial charge < -0.3 is 19.5 Å². The highest BCUT2D eigenvalue weighted by atomic mass is 127. The lowest BCUT2D eigenvalue weighted by Gasteiger charge is -2.12. The van der Waals surface area contributed by atoms with Crippen molar-refractivity contribution in [3.63, 3.8) is 0 Å². The molecule has 172 valence electrons. The van der Waals surface area contributed by atoms with Crippen LogP contribution in [0.5, 0.6) is 17.2 Å². The summed E-state index contributed by atoms with van der Waals surface area (Å²) in [6.07, 6.45) is 1.74. The molecule has 1 N–H and O–H groups in total. The molecule has 34 heavy (non-hydrogen) atoms. The molecule has 0 radical (unpaired) electrons. The molecular weight excluding hydrogens is 567 g/mol. The zero-order chi connectivity index (χ0) is 24.1. The second kappa shape index (κ2) is 10.7. The van der Waals surface area contributed by atoms with E-state index >= 15 is 0 Å². The Hall–Kier alpha value is -3.31. The predicted octanol–water partition coefficient (Wildman–Crippen LogP) is 5.42. The van der Waals surface area contributed by atoms with Gasteiger partial charge in [-0.3, -0.25) is 4.79 Å². The smallest absolute Gasteiger partial charge is 0.343 e. The van der Waals surface area contributed by atoms with Crippen molar-refractivity contribution >= 4 is 63.2 Å². The number of hydrogen-bond donors (Lipinski definition) is 1. The number of ether oxygens (including phenoxy) is 3. The summed E-state index contributed by atoms with van der Waals surface area (Å²) in [6, 6.07) is 19.5. The van der Waals surface area contributed by atoms with Crippen LogP contribution in [-0.2, 0) is 4.79 Å². The zero-order valence-electron chi connectivity index (χ0n) is 18.2. The first-order chi connectivity index (χ1) is 16.5. The van der Waals surface area contributed by atoms with Crippen molar-refractivity contribution in [1.82, 2.24) is 5.32 Å². The molecule has 7 nitrogen and oxygen atoms in total. The fourth-order valence-electron chi connectivity index (χ4n) is 3.05. The number of amides is 1. The van der Waals surface area contributed by atoms with Crippen LogP contribution in [0.15, 0.2) is 76.6 Å². The van der Waals surface area contributed by atoms with E-state index in [0.29, 0.717) is 36.4 Å². The van der Waals surface area contributed by atoms with E-state index in [1.54, 1.807) is 55.7 Å². The number of nitrogens with zero attached hydrogens (tertiary/aromatic N) is 1. The lowest BCUT2D eigenvalue weighted by Crippen LogP contribution is -2.19. The quantitative estimate of drug-likeness (QED) is 0.180. The molecule has 3 aromatic carbocycles. The molecule has 1 heterocycles. The van der Waals surface area contributed by atoms with Gasteiger partial charge in [-0.15, -0.1) is 0 Å². The molecule has 0 bridgehead atoms. The van der Waals surface area contributed by atoms with Crippen LogP contribution in [0, 0.1) is 3.57 Å². The van der Waals surface area contributed by atoms with Crippen molar-refractivity contribution in [1.29, 1.82) is 0 Å². The number of esters is 1. The molecule has 1 aliphatic heterocycles. The average Bonchev–Trinajstić information content (AvgIpc) is 3.19. The number of hydrogen-bond acceptors (Lipinski definition) is 7. The summed E-state index contributed by atoms with van der Waals surface area (Å²) < 4.78 is 16.9. The van der Waals surface area contributed by atoms with E-state index in [-0.39, 0.29) is 5.91 Å². The summed E-state index contributed by atoms with van der Waals surface area (Å²) in [5, 5.41) is 3.26. The molecule has 0 atom stereocenters. The second-order valence-electron chi connectivity index (χ2n) is 6.97. The summed E-state index contributed by atoms with van der Waals surface area (Å²) in [4.78, 5) is 29.9. The van der Waals surface area contributed by atoms with Gasteiger partial charge in [0.2, 0.25) is 0 Å². The van der Waals surface area contributed by atoms with E-state index < -0.39 is 5.97 Å². The maximum absolute atomic E-state index is 12.5. The van der Waals surface area contributed by atoms with Crippen molar-refractivity contribution in [2.45, 2.75) is 0 Å². The van der Waals surface area contributed by atoms with Crippen LogP contribution >= 0.6 is 34.4 Å². The van der Waals surface area contributed by atoms with Gasteiger partial charge in [-0.25, -0.2) is 9.79 Å². The van der Waals surface area contributed by atoms with Gasteiger partial charge in [-0.05, 0) is 94.5 Å². The number of thioether (sulfide) groups is 1. The fraction of sp³-hybridized carbons (Fsp3) is 0.0800. The first-order valence-electron chi connectivity index (χ1n) is 10.0. The number of methoxy groups -OCH3 is 2. The first kappa shape index (κ1) is 23.8. The number of carbonyl (C=O) groups excluding carboxylic acids is 2. The Balaban J connectivity index is 1.55. The Morgan fingerprint density at radius 2 is 1.76 bits per heavy atom. The lowest BCUT2D eigenvalue weighted by molar-refractivity contribution is -0.115. The van der Waals surface area contributed by atoms with E-state index in [4.69, 9.17) is 14.2 Å². The normalized spacial score (nSPS) is 15.3. The van der Waals surface area contributed by atoms with E-state index in [0.717, 1.165) is 11.3 Å². The van der Waals surface area contributed by atoms with Crippen LogP contribution in [0.4, 0.5) is 5.69 Å². The van der Waals surface area contributed by atoms with Gasteiger partial charge in [0.15, 0.2) is 16.7 Å². The highest BCUT2D eigenvalue weighted by molar-refractivity contribution is 14.1. The standard InChI is InChI=1S/C25H19IN2O5S/c1-31-18-10-8-17(9-11-18)27-25-28-23(29)21(34-25)14-15-12-19(26)22(20(13-15)32-2)33-24(30)16-6-4-3-5-7-16/h3-14H,1-2H3,(H,27,28,29)/b21-14-. The Morgan fingerprint density at radius 3 is 2.44 bits per heavy atom. The third-order valence-corrected chi connectivity index (χ3v) is 6.42. The van der Waals surface area contributed by atoms with Crippen molar-refractivity contribution in [3.05, 3.63) is 86.3 Å². The van der Waals surface area contributed by atoms with Crippen molar-refractivity contribution in [2.24, 2.45) is 4.99 Å². The molecule has 9 heteroatoms. The fourth-order valence-corrected chi connectivity index (χ4v) is 4.63. The molecule has 0 saturated carbocycles. The number of halogens is 1. The van der Waals surface area contributed by atoms with Gasteiger partial charge in [0.25, 0.3) is 5.91 Å². The van der Waals surface area contributed by atoms with Crippen molar-refractivity contribution in [3.8, 4) is 17.2 Å². The second-order valence-corrected chi connectivity index (χ2v) is 9.16. The molecule has 0 aromatic heterocycles. The highest BCUT2D eigenvalue weighted by Crippen LogP contribution is 2.36. The number of rotatable bonds is 6. The van der Waals surface area contributed by atoms with E-state index in [1.165, 1.54) is 18.9 Å². The minimum Gasteiger partial charge on any atom is -0.497 e. The molecule has 3 aromatic rings. The van der Waals surface area contributed by atoms with Crippen LogP contribution < -0.4 is 19.5 Å². The Bertz CT molecular complexity index is 1290. The molecule has 0 unspecified atom stereocenters. The van der Waals surface area contributed by atoms with E-state index in [9.17, 15) is 9.59 Å². The maximum Gasteiger partial charge on any atom is 0.343 e. The lowest BCUT2D eigenvalue weighted by atomic mass is 10.1. The van der Waals surface area contributed by atoms with Gasteiger partial charge in [-0.2, -0.15) is 0 Å². The summed E-state index contributed by atoms with van der Waals surface area (Å²) in [7, 11) is 3.10. The average molecular weight is 586 g/mol. The summed E-state index contributed by atoms with van der Waals surface area (Å²) in [6.45, 7) is 0. The molecule has 1 fully saturated rings. The monoisotopic (exact) mass is 586 g/mol. The number of aliphatic imine (C=N–C) groups is 1. The molecule has 0 spiro atoms. The van der Waals surface area contributed by atoms with Crippen molar-refractivity contribution < 1.29 is 23.8 Å². The van der Waals surface area contributed by atoms with Gasteiger partial charge in [-0.1, -0.05) is 18.2 Å². The summed E-state index contributed by atoms with van der Waals surface area (Å²) in [5.74, 6) is 0.718. The number of carbonyl (C=O) groups is 2. The van der Waals surface area contributed by atoms with Gasteiger partial charge in [0, 0.05) is 0 Å². The third-order valence-electron chi connectivity index (χ3n) is 4.71. The van der Waals surface area contributed by atoms with Crippen LogP contribution in [0.2, 0.25) is 0 Å². The van der Waals surface area contributed by atoms with Crippen molar-refractivity contribution in [2.75, 3.05) is 14.2 Å². The van der Waals surface area contributed by atoms with Gasteiger partial charge in [0.1, 0.15) is 5.75 Å². The predicted molar refractivity (Wildman–Crippen MR) is 141 cm³/mol. The Kier molecular flexibility index (Phi) is 7.53. The van der Waals surface area contributed by atoms with Crippen LogP contribution in [0.1, 0.15) is 15.9 Å². The topological polar surface area (TPSA) is 86.2 Å².